The van der Waals surface area contributed by atoms with Gasteiger partial charge in [0.2, 0.25) is 0 Å². The average molecular weight is 280 g/mol. The van der Waals surface area contributed by atoms with Crippen LogP contribution in [0.15, 0.2) is 24.3 Å². The molecule has 1 saturated heterocycles. The van der Waals surface area contributed by atoms with Gasteiger partial charge in [0.05, 0.1) is 11.5 Å². The maximum atomic E-state index is 12.9. The van der Waals surface area contributed by atoms with Crippen LogP contribution in [0, 0.1) is 5.82 Å². The Bertz CT molecular complexity index is 478. The molecule has 1 aliphatic heterocycles. The van der Waals surface area contributed by atoms with E-state index in [1.54, 1.807) is 6.07 Å². The third-order valence-corrected chi connectivity index (χ3v) is 4.48. The molecule has 17 heavy (non-hydrogen) atoms. The monoisotopic (exact) mass is 279 g/mol. The lowest BCUT2D eigenvalue weighted by Crippen LogP contribution is -2.29. The minimum atomic E-state index is -2.84. The molecule has 1 aromatic rings. The van der Waals surface area contributed by atoms with Gasteiger partial charge in [-0.05, 0) is 24.1 Å². The summed E-state index contributed by atoms with van der Waals surface area (Å²) in [6, 6.07) is 6.32. The highest BCUT2D eigenvalue weighted by atomic mass is 35.5. The molecule has 3 nitrogen and oxygen atoms in total. The van der Waals surface area contributed by atoms with Gasteiger partial charge in [-0.2, -0.15) is 0 Å². The zero-order valence-electron chi connectivity index (χ0n) is 9.23. The van der Waals surface area contributed by atoms with Crippen molar-refractivity contribution in [3.63, 3.8) is 0 Å². The Morgan fingerprint density at radius 1 is 1.41 bits per heavy atom. The molecule has 1 N–H and O–H groups in total. The summed E-state index contributed by atoms with van der Waals surface area (Å²) < 4.78 is 35.3. The van der Waals surface area contributed by atoms with Crippen LogP contribution in [0.5, 0.6) is 0 Å². The minimum absolute atomic E-state index is 0. The van der Waals surface area contributed by atoms with Crippen LogP contribution in [-0.4, -0.2) is 26.0 Å². The molecule has 1 aliphatic rings. The first-order valence-electron chi connectivity index (χ1n) is 5.23. The van der Waals surface area contributed by atoms with Crippen molar-refractivity contribution in [1.29, 1.82) is 0 Å². The van der Waals surface area contributed by atoms with E-state index < -0.39 is 9.84 Å². The minimum Gasteiger partial charge on any atom is -0.309 e. The van der Waals surface area contributed by atoms with Gasteiger partial charge in [-0.15, -0.1) is 12.4 Å². The molecule has 1 heterocycles. The highest BCUT2D eigenvalue weighted by molar-refractivity contribution is 7.91. The van der Waals surface area contributed by atoms with Crippen LogP contribution in [0.3, 0.4) is 0 Å². The molecule has 0 amide bonds. The van der Waals surface area contributed by atoms with Crippen molar-refractivity contribution < 1.29 is 12.8 Å². The van der Waals surface area contributed by atoms with E-state index in [9.17, 15) is 12.8 Å². The zero-order valence-corrected chi connectivity index (χ0v) is 10.9. The fraction of sp³-hybridized carbons (Fsp3) is 0.455. The van der Waals surface area contributed by atoms with E-state index in [0.717, 1.165) is 5.56 Å². The zero-order chi connectivity index (χ0) is 11.6. The van der Waals surface area contributed by atoms with Crippen LogP contribution in [0.2, 0.25) is 0 Å². The molecule has 0 radical (unpaired) electrons. The molecule has 0 spiro atoms. The second kappa shape index (κ2) is 5.80. The van der Waals surface area contributed by atoms with E-state index in [1.807, 2.05) is 6.07 Å². The Balaban J connectivity index is 0.00000144. The van der Waals surface area contributed by atoms with Crippen molar-refractivity contribution in [2.45, 2.75) is 19.0 Å². The van der Waals surface area contributed by atoms with Gasteiger partial charge in [0.1, 0.15) is 5.82 Å². The maximum absolute atomic E-state index is 12.9. The van der Waals surface area contributed by atoms with E-state index >= 15 is 0 Å². The molecule has 6 heteroatoms. The standard InChI is InChI=1S/C11H14FNO2S.ClH/c12-10-3-1-2-9(6-10)7-13-11-4-5-16(14,15)8-11;/h1-3,6,11,13H,4-5,7-8H2;1H. The number of hydrogen-bond donors (Lipinski definition) is 1. The normalized spacial score (nSPS) is 22.1. The lowest BCUT2D eigenvalue weighted by molar-refractivity contribution is 0.551. The molecule has 1 unspecified atom stereocenters. The predicted octanol–water partition coefficient (Wildman–Crippen LogP) is 1.52. The fourth-order valence-electron chi connectivity index (χ4n) is 1.87. The van der Waals surface area contributed by atoms with Crippen LogP contribution in [-0.2, 0) is 16.4 Å². The van der Waals surface area contributed by atoms with Crippen LogP contribution in [0.4, 0.5) is 4.39 Å². The topological polar surface area (TPSA) is 46.2 Å². The van der Waals surface area contributed by atoms with Crippen LogP contribution < -0.4 is 5.32 Å². The number of nitrogens with one attached hydrogen (secondary N) is 1. The predicted molar refractivity (Wildman–Crippen MR) is 67.5 cm³/mol. The fourth-order valence-corrected chi connectivity index (χ4v) is 3.57. The summed E-state index contributed by atoms with van der Waals surface area (Å²) in [6.45, 7) is 0.512. The number of rotatable bonds is 3. The van der Waals surface area contributed by atoms with Crippen molar-refractivity contribution in [3.8, 4) is 0 Å². The molecular weight excluding hydrogens is 265 g/mol. The highest BCUT2D eigenvalue weighted by Crippen LogP contribution is 2.12. The molecule has 1 atom stereocenters. The Kier molecular flexibility index (Phi) is 4.91. The second-order valence-corrected chi connectivity index (χ2v) is 6.34. The number of hydrogen-bond acceptors (Lipinski definition) is 3. The largest absolute Gasteiger partial charge is 0.309 e. The first-order chi connectivity index (χ1) is 7.55. The summed E-state index contributed by atoms with van der Waals surface area (Å²) in [5, 5.41) is 3.13. The SMILES string of the molecule is Cl.O=S1(=O)CCC(NCc2cccc(F)c2)C1. The van der Waals surface area contributed by atoms with Gasteiger partial charge in [0.15, 0.2) is 9.84 Å². The summed E-state index contributed by atoms with van der Waals surface area (Å²) in [7, 11) is -2.84. The van der Waals surface area contributed by atoms with E-state index in [0.29, 0.717) is 13.0 Å². The Morgan fingerprint density at radius 3 is 2.76 bits per heavy atom. The number of halogens is 2. The lowest BCUT2D eigenvalue weighted by atomic mass is 10.2. The number of sulfone groups is 1. The summed E-state index contributed by atoms with van der Waals surface area (Å²) in [5.41, 5.74) is 0.837. The van der Waals surface area contributed by atoms with Crippen molar-refractivity contribution in [2.75, 3.05) is 11.5 Å². The van der Waals surface area contributed by atoms with Crippen molar-refractivity contribution in [3.05, 3.63) is 35.6 Å². The summed E-state index contributed by atoms with van der Waals surface area (Å²) in [4.78, 5) is 0. The Labute approximate surface area is 107 Å². The first-order valence-corrected chi connectivity index (χ1v) is 7.05. The smallest absolute Gasteiger partial charge is 0.151 e. The van der Waals surface area contributed by atoms with Gasteiger partial charge in [-0.3, -0.25) is 0 Å². The molecule has 0 saturated carbocycles. The number of benzene rings is 1. The van der Waals surface area contributed by atoms with Gasteiger partial charge in [0.25, 0.3) is 0 Å². The second-order valence-electron chi connectivity index (χ2n) is 4.11. The molecular formula is C11H15ClFNO2S. The van der Waals surface area contributed by atoms with Crippen molar-refractivity contribution in [2.24, 2.45) is 0 Å². The Morgan fingerprint density at radius 2 is 2.18 bits per heavy atom. The van der Waals surface area contributed by atoms with E-state index in [1.165, 1.54) is 12.1 Å². The summed E-state index contributed by atoms with van der Waals surface area (Å²) in [6.07, 6.45) is 0.650. The molecule has 2 rings (SSSR count). The van der Waals surface area contributed by atoms with Crippen LogP contribution in [0.1, 0.15) is 12.0 Å². The molecule has 0 aromatic heterocycles. The van der Waals surface area contributed by atoms with E-state index in [-0.39, 0.29) is 35.8 Å². The quantitative estimate of drug-likeness (QED) is 0.913. The first kappa shape index (κ1) is 14.4. The average Bonchev–Trinajstić information content (AvgIpc) is 2.56. The highest BCUT2D eigenvalue weighted by Gasteiger charge is 2.27. The molecule has 1 aromatic carbocycles. The third-order valence-electron chi connectivity index (χ3n) is 2.72. The molecule has 1 fully saturated rings. The van der Waals surface area contributed by atoms with Crippen molar-refractivity contribution in [1.82, 2.24) is 5.32 Å². The van der Waals surface area contributed by atoms with Crippen LogP contribution in [0.25, 0.3) is 0 Å². The van der Waals surface area contributed by atoms with Gasteiger partial charge >= 0.3 is 0 Å². The molecule has 96 valence electrons. The lowest BCUT2D eigenvalue weighted by Gasteiger charge is -2.10. The van der Waals surface area contributed by atoms with Gasteiger partial charge in [0, 0.05) is 12.6 Å². The van der Waals surface area contributed by atoms with Crippen LogP contribution >= 0.6 is 12.4 Å². The van der Waals surface area contributed by atoms with Crippen molar-refractivity contribution >= 4 is 22.2 Å². The Hall–Kier alpha value is -0.650. The summed E-state index contributed by atoms with van der Waals surface area (Å²) >= 11 is 0. The maximum Gasteiger partial charge on any atom is 0.151 e. The molecule has 0 aliphatic carbocycles. The van der Waals surface area contributed by atoms with E-state index in [2.05, 4.69) is 5.32 Å². The molecule has 0 bridgehead atoms. The van der Waals surface area contributed by atoms with Gasteiger partial charge in [-0.25, -0.2) is 12.8 Å². The summed E-state index contributed by atoms with van der Waals surface area (Å²) in [5.74, 6) is 0.189. The third kappa shape index (κ3) is 4.26. The van der Waals surface area contributed by atoms with Gasteiger partial charge in [-0.1, -0.05) is 12.1 Å². The van der Waals surface area contributed by atoms with E-state index in [4.69, 9.17) is 0 Å². The van der Waals surface area contributed by atoms with Gasteiger partial charge < -0.3 is 5.32 Å².